The van der Waals surface area contributed by atoms with Gasteiger partial charge in [-0.15, -0.1) is 0 Å². The Morgan fingerprint density at radius 1 is 1.29 bits per heavy atom. The van der Waals surface area contributed by atoms with Crippen LogP contribution in [0.2, 0.25) is 0 Å². The van der Waals surface area contributed by atoms with Crippen molar-refractivity contribution in [2.24, 2.45) is 0 Å². The number of carbonyl (C=O) groups is 2. The summed E-state index contributed by atoms with van der Waals surface area (Å²) < 4.78 is 5.57. The average Bonchev–Trinajstić information content (AvgIpc) is 3.27. The molecule has 1 aromatic heterocycles. The quantitative estimate of drug-likeness (QED) is 0.840. The Morgan fingerprint density at radius 3 is 2.96 bits per heavy atom. The second-order valence-electron chi connectivity index (χ2n) is 6.88. The average molecular weight is 329 g/mol. The number of hydrogen-bond acceptors (Lipinski definition) is 4. The molecule has 0 N–H and O–H groups in total. The van der Waals surface area contributed by atoms with Crippen LogP contribution >= 0.6 is 0 Å². The van der Waals surface area contributed by atoms with Gasteiger partial charge in [0.15, 0.2) is 0 Å². The third-order valence-corrected chi connectivity index (χ3v) is 5.45. The van der Waals surface area contributed by atoms with Gasteiger partial charge < -0.3 is 14.5 Å². The van der Waals surface area contributed by atoms with Gasteiger partial charge in [-0.1, -0.05) is 6.07 Å². The number of likely N-dealkylation sites (tertiary alicyclic amines) is 2. The molecule has 3 aliphatic heterocycles. The van der Waals surface area contributed by atoms with Crippen molar-refractivity contribution in [3.05, 3.63) is 30.1 Å². The predicted octanol–water partition coefficient (Wildman–Crippen LogP) is 1.35. The molecule has 3 atom stereocenters. The van der Waals surface area contributed by atoms with Crippen LogP contribution < -0.4 is 0 Å². The van der Waals surface area contributed by atoms with Crippen molar-refractivity contribution in [3.63, 3.8) is 0 Å². The number of aromatic nitrogens is 1. The van der Waals surface area contributed by atoms with E-state index < -0.39 is 0 Å². The Hall–Kier alpha value is -1.95. The molecule has 4 heterocycles. The molecule has 0 saturated carbocycles. The van der Waals surface area contributed by atoms with Crippen molar-refractivity contribution in [2.45, 2.75) is 56.8 Å². The molecule has 6 nitrogen and oxygen atoms in total. The van der Waals surface area contributed by atoms with Crippen molar-refractivity contribution in [3.8, 4) is 0 Å². The number of carbonyl (C=O) groups excluding carboxylic acids is 2. The van der Waals surface area contributed by atoms with Gasteiger partial charge in [-0.25, -0.2) is 0 Å². The molecule has 0 bridgehead atoms. The largest absolute Gasteiger partial charge is 0.368 e. The van der Waals surface area contributed by atoms with E-state index in [2.05, 4.69) is 4.98 Å². The van der Waals surface area contributed by atoms with E-state index in [4.69, 9.17) is 4.74 Å². The SMILES string of the molecule is O=C1CC[C@H]2[C@H](CCN2C(=O)[C@H]2CCCO2)N1Cc1cccnc1. The fourth-order valence-corrected chi connectivity index (χ4v) is 4.27. The first-order chi connectivity index (χ1) is 11.7. The van der Waals surface area contributed by atoms with Crippen molar-refractivity contribution < 1.29 is 14.3 Å². The van der Waals surface area contributed by atoms with E-state index in [-0.39, 0.29) is 30.0 Å². The van der Waals surface area contributed by atoms with E-state index in [9.17, 15) is 9.59 Å². The number of nitrogens with zero attached hydrogens (tertiary/aromatic N) is 3. The molecule has 4 rings (SSSR count). The summed E-state index contributed by atoms with van der Waals surface area (Å²) in [5, 5.41) is 0. The highest BCUT2D eigenvalue weighted by Gasteiger charge is 2.46. The minimum Gasteiger partial charge on any atom is -0.368 e. The molecule has 128 valence electrons. The fraction of sp³-hybridized carbons (Fsp3) is 0.611. The minimum atomic E-state index is -0.270. The van der Waals surface area contributed by atoms with Crippen LogP contribution in [-0.2, 0) is 20.9 Å². The van der Waals surface area contributed by atoms with Gasteiger partial charge in [0.2, 0.25) is 5.91 Å². The smallest absolute Gasteiger partial charge is 0.252 e. The molecule has 3 saturated heterocycles. The lowest BCUT2D eigenvalue weighted by atomic mass is 9.95. The highest BCUT2D eigenvalue weighted by atomic mass is 16.5. The summed E-state index contributed by atoms with van der Waals surface area (Å²) in [6.07, 6.45) is 7.20. The van der Waals surface area contributed by atoms with Crippen LogP contribution in [0.25, 0.3) is 0 Å². The van der Waals surface area contributed by atoms with Gasteiger partial charge in [0, 0.05) is 38.5 Å². The summed E-state index contributed by atoms with van der Waals surface area (Å²) >= 11 is 0. The molecule has 0 aliphatic carbocycles. The minimum absolute atomic E-state index is 0.121. The zero-order chi connectivity index (χ0) is 16.5. The molecule has 3 aliphatic rings. The standard InChI is InChI=1S/C18H23N3O3/c22-17-6-5-14-15(21(17)12-13-3-1-8-19-11-13)7-9-20(14)18(23)16-4-2-10-24-16/h1,3,8,11,14-16H,2,4-7,9-10,12H2/t14-,15-,16+/m0/s1. The number of rotatable bonds is 3. The fourth-order valence-electron chi connectivity index (χ4n) is 4.27. The molecular formula is C18H23N3O3. The molecular weight excluding hydrogens is 306 g/mol. The van der Waals surface area contributed by atoms with Crippen LogP contribution in [-0.4, -0.2) is 57.9 Å². The number of fused-ring (bicyclic) bond motifs is 1. The van der Waals surface area contributed by atoms with E-state index in [1.807, 2.05) is 21.9 Å². The Bertz CT molecular complexity index is 615. The van der Waals surface area contributed by atoms with Crippen LogP contribution in [0.5, 0.6) is 0 Å². The first-order valence-electron chi connectivity index (χ1n) is 8.84. The molecule has 2 amide bonds. The topological polar surface area (TPSA) is 62.7 Å². The van der Waals surface area contributed by atoms with Crippen LogP contribution in [0.4, 0.5) is 0 Å². The maximum atomic E-state index is 12.7. The lowest BCUT2D eigenvalue weighted by Gasteiger charge is -2.40. The lowest BCUT2D eigenvalue weighted by Crippen LogP contribution is -2.54. The lowest BCUT2D eigenvalue weighted by molar-refractivity contribution is -0.147. The summed E-state index contributed by atoms with van der Waals surface area (Å²) in [4.78, 5) is 33.3. The third kappa shape index (κ3) is 2.79. The summed E-state index contributed by atoms with van der Waals surface area (Å²) in [6, 6.07) is 4.14. The highest BCUT2D eigenvalue weighted by molar-refractivity contribution is 5.83. The van der Waals surface area contributed by atoms with Crippen molar-refractivity contribution in [2.75, 3.05) is 13.2 Å². The summed E-state index contributed by atoms with van der Waals surface area (Å²) in [6.45, 7) is 1.99. The number of ether oxygens (including phenoxy) is 1. The first-order valence-corrected chi connectivity index (χ1v) is 8.84. The second-order valence-corrected chi connectivity index (χ2v) is 6.88. The molecule has 0 unspecified atom stereocenters. The molecule has 3 fully saturated rings. The molecule has 24 heavy (non-hydrogen) atoms. The highest BCUT2D eigenvalue weighted by Crippen LogP contribution is 2.33. The number of amides is 2. The summed E-state index contributed by atoms with van der Waals surface area (Å²) in [7, 11) is 0. The zero-order valence-corrected chi connectivity index (χ0v) is 13.8. The number of piperidine rings is 1. The first kappa shape index (κ1) is 15.6. The van der Waals surface area contributed by atoms with Crippen molar-refractivity contribution in [1.29, 1.82) is 0 Å². The van der Waals surface area contributed by atoms with Gasteiger partial charge in [0.05, 0.1) is 12.1 Å². The van der Waals surface area contributed by atoms with Crippen LogP contribution in [0, 0.1) is 0 Å². The van der Waals surface area contributed by atoms with Gasteiger partial charge in [-0.05, 0) is 37.3 Å². The Kier molecular flexibility index (Phi) is 4.22. The van der Waals surface area contributed by atoms with Gasteiger partial charge >= 0.3 is 0 Å². The van der Waals surface area contributed by atoms with E-state index in [0.717, 1.165) is 37.8 Å². The normalized spacial score (nSPS) is 29.8. The Balaban J connectivity index is 1.49. The second kappa shape index (κ2) is 6.51. The maximum Gasteiger partial charge on any atom is 0.252 e. The van der Waals surface area contributed by atoms with Crippen LogP contribution in [0.3, 0.4) is 0 Å². The van der Waals surface area contributed by atoms with E-state index >= 15 is 0 Å². The summed E-state index contributed by atoms with van der Waals surface area (Å²) in [5.74, 6) is 0.308. The van der Waals surface area contributed by atoms with Crippen LogP contribution in [0.1, 0.15) is 37.7 Å². The molecule has 0 spiro atoms. The maximum absolute atomic E-state index is 12.7. The van der Waals surface area contributed by atoms with Crippen molar-refractivity contribution in [1.82, 2.24) is 14.8 Å². The number of pyridine rings is 1. The van der Waals surface area contributed by atoms with E-state index in [0.29, 0.717) is 19.6 Å². The van der Waals surface area contributed by atoms with E-state index in [1.165, 1.54) is 0 Å². The van der Waals surface area contributed by atoms with Gasteiger partial charge in [-0.3, -0.25) is 14.6 Å². The van der Waals surface area contributed by atoms with E-state index in [1.54, 1.807) is 12.4 Å². The van der Waals surface area contributed by atoms with Crippen LogP contribution in [0.15, 0.2) is 24.5 Å². The van der Waals surface area contributed by atoms with Crippen molar-refractivity contribution >= 4 is 11.8 Å². The predicted molar refractivity (Wildman–Crippen MR) is 86.9 cm³/mol. The Morgan fingerprint density at radius 2 is 2.21 bits per heavy atom. The van der Waals surface area contributed by atoms with Gasteiger partial charge in [0.25, 0.3) is 5.91 Å². The number of hydrogen-bond donors (Lipinski definition) is 0. The monoisotopic (exact) mass is 329 g/mol. The van der Waals surface area contributed by atoms with Gasteiger partial charge in [0.1, 0.15) is 6.10 Å². The molecule has 0 aromatic carbocycles. The molecule has 6 heteroatoms. The Labute approximate surface area is 141 Å². The molecule has 0 radical (unpaired) electrons. The molecule has 1 aromatic rings. The summed E-state index contributed by atoms with van der Waals surface area (Å²) in [5.41, 5.74) is 1.04. The van der Waals surface area contributed by atoms with Gasteiger partial charge in [-0.2, -0.15) is 0 Å². The zero-order valence-electron chi connectivity index (χ0n) is 13.8. The third-order valence-electron chi connectivity index (χ3n) is 5.45.